The first-order valence-corrected chi connectivity index (χ1v) is 9.33. The van der Waals surface area contributed by atoms with Gasteiger partial charge in [-0.3, -0.25) is 14.9 Å². The molecule has 0 aliphatic carbocycles. The summed E-state index contributed by atoms with van der Waals surface area (Å²) < 4.78 is 15.2. The number of amidine groups is 1. The van der Waals surface area contributed by atoms with Crippen LogP contribution >= 0.6 is 11.6 Å². The van der Waals surface area contributed by atoms with Crippen molar-refractivity contribution in [2.45, 2.75) is 20.0 Å². The Hall–Kier alpha value is -3.34. The Morgan fingerprint density at radius 1 is 1.27 bits per heavy atom. The van der Waals surface area contributed by atoms with Gasteiger partial charge in [-0.1, -0.05) is 12.1 Å². The van der Waals surface area contributed by atoms with Crippen LogP contribution in [0.2, 0.25) is 0 Å². The molecular weight excluding hydrogens is 420 g/mol. The molecule has 0 bridgehead atoms. The van der Waals surface area contributed by atoms with Gasteiger partial charge < -0.3 is 24.4 Å². The average molecular weight is 441 g/mol. The summed E-state index contributed by atoms with van der Waals surface area (Å²) in [6.45, 7) is 2.88. The van der Waals surface area contributed by atoms with Crippen molar-refractivity contribution in [3.8, 4) is 5.75 Å². The van der Waals surface area contributed by atoms with E-state index in [0.717, 1.165) is 0 Å². The number of methoxy groups -OCH3 is 1. The summed E-state index contributed by atoms with van der Waals surface area (Å²) in [5, 5.41) is 14.0. The lowest BCUT2D eigenvalue weighted by Gasteiger charge is -2.31. The number of hydrogen-bond donors (Lipinski definition) is 1. The van der Waals surface area contributed by atoms with Gasteiger partial charge in [-0.2, -0.15) is 0 Å². The Labute approximate surface area is 177 Å². The highest BCUT2D eigenvalue weighted by Crippen LogP contribution is 2.33. The van der Waals surface area contributed by atoms with E-state index >= 15 is 0 Å². The number of halogens is 1. The molecule has 12 heteroatoms. The van der Waals surface area contributed by atoms with Gasteiger partial charge in [0.05, 0.1) is 30.9 Å². The van der Waals surface area contributed by atoms with Gasteiger partial charge in [0.25, 0.3) is 0 Å². The summed E-state index contributed by atoms with van der Waals surface area (Å²) >= 11 is 6.02. The van der Waals surface area contributed by atoms with E-state index in [1.807, 2.05) is 0 Å². The van der Waals surface area contributed by atoms with Gasteiger partial charge >= 0.3 is 17.6 Å². The number of aliphatic imine (C=N–C) groups is 1. The molecule has 162 valence electrons. The molecule has 1 aromatic carbocycles. The third-order valence-electron chi connectivity index (χ3n) is 3.94. The number of hydrogen-bond acceptors (Lipinski definition) is 10. The van der Waals surface area contributed by atoms with E-state index in [0.29, 0.717) is 11.4 Å². The van der Waals surface area contributed by atoms with Gasteiger partial charge in [0.1, 0.15) is 12.3 Å². The minimum Gasteiger partial charge on any atom is -0.495 e. The minimum atomic E-state index is -1.44. The molecule has 0 radical (unpaired) electrons. The predicted molar refractivity (Wildman–Crippen MR) is 108 cm³/mol. The van der Waals surface area contributed by atoms with Crippen molar-refractivity contribution in [2.24, 2.45) is 4.99 Å². The number of carbonyl (C=O) groups is 2. The van der Waals surface area contributed by atoms with E-state index in [9.17, 15) is 19.7 Å². The van der Waals surface area contributed by atoms with Crippen molar-refractivity contribution in [3.05, 3.63) is 45.8 Å². The Morgan fingerprint density at radius 3 is 2.53 bits per heavy atom. The van der Waals surface area contributed by atoms with E-state index in [1.54, 1.807) is 38.1 Å². The lowest BCUT2D eigenvalue weighted by atomic mass is 10.1. The number of anilines is 1. The Balaban J connectivity index is 2.66. The minimum absolute atomic E-state index is 0.00646. The quantitative estimate of drug-likeness (QED) is 0.263. The highest BCUT2D eigenvalue weighted by molar-refractivity contribution is 6.65. The molecule has 2 rings (SSSR count). The first kappa shape index (κ1) is 22.9. The fourth-order valence-corrected chi connectivity index (χ4v) is 2.96. The maximum Gasteiger partial charge on any atom is 0.361 e. The fourth-order valence-electron chi connectivity index (χ4n) is 2.77. The van der Waals surface area contributed by atoms with Crippen LogP contribution in [0.25, 0.3) is 0 Å². The summed E-state index contributed by atoms with van der Waals surface area (Å²) in [6.07, 6.45) is -1.44. The molecule has 30 heavy (non-hydrogen) atoms. The summed E-state index contributed by atoms with van der Waals surface area (Å²) in [5.41, 5.74) is -0.792. The second-order valence-corrected chi connectivity index (χ2v) is 6.12. The van der Waals surface area contributed by atoms with Crippen LogP contribution in [0.5, 0.6) is 5.75 Å². The molecule has 1 atom stereocenters. The third kappa shape index (κ3) is 5.17. The molecule has 1 N–H and O–H groups in total. The van der Waals surface area contributed by atoms with Gasteiger partial charge in [-0.25, -0.2) is 9.79 Å². The molecule has 0 aromatic heterocycles. The number of nitrogens with zero attached hydrogens (tertiary/aromatic N) is 3. The Morgan fingerprint density at radius 2 is 1.93 bits per heavy atom. The third-order valence-corrected chi connectivity index (χ3v) is 4.13. The van der Waals surface area contributed by atoms with E-state index in [-0.39, 0.29) is 18.5 Å². The van der Waals surface area contributed by atoms with Crippen molar-refractivity contribution >= 4 is 34.5 Å². The lowest BCUT2D eigenvalue weighted by molar-refractivity contribution is -0.431. The highest BCUT2D eigenvalue weighted by atomic mass is 35.5. The smallest absolute Gasteiger partial charge is 0.361 e. The molecule has 0 spiro atoms. The van der Waals surface area contributed by atoms with Crippen LogP contribution in [0.4, 0.5) is 5.69 Å². The molecule has 0 fully saturated rings. The van der Waals surface area contributed by atoms with Crippen molar-refractivity contribution in [2.75, 3.05) is 31.8 Å². The van der Waals surface area contributed by atoms with E-state index < -0.39 is 41.0 Å². The van der Waals surface area contributed by atoms with E-state index in [4.69, 9.17) is 25.8 Å². The van der Waals surface area contributed by atoms with Crippen LogP contribution in [-0.2, 0) is 19.1 Å². The number of rotatable bonds is 9. The van der Waals surface area contributed by atoms with Crippen LogP contribution in [0.1, 0.15) is 13.8 Å². The molecule has 1 heterocycles. The number of ether oxygens (including phenoxy) is 3. The zero-order valence-corrected chi connectivity index (χ0v) is 17.3. The van der Waals surface area contributed by atoms with Gasteiger partial charge in [0.2, 0.25) is 11.9 Å². The largest absolute Gasteiger partial charge is 0.495 e. The molecule has 1 unspecified atom stereocenters. The second kappa shape index (κ2) is 10.4. The number of nitro groups is 1. The van der Waals surface area contributed by atoms with Crippen LogP contribution < -0.4 is 15.0 Å². The lowest BCUT2D eigenvalue weighted by Crippen LogP contribution is -2.47. The molecule has 0 saturated heterocycles. The SMILES string of the molecule is CCOC(=O)CN(c1ccccc1OC)C1N=C(Cl)NC(C(=O)OCC)=C1[N+](=O)[O-]. The van der Waals surface area contributed by atoms with Gasteiger partial charge in [-0.15, -0.1) is 0 Å². The molecular formula is C18H21ClN4O7. The number of carbonyl (C=O) groups excluding carboxylic acids is 2. The predicted octanol–water partition coefficient (Wildman–Crippen LogP) is 1.64. The number of esters is 2. The highest BCUT2D eigenvalue weighted by Gasteiger charge is 2.42. The maximum atomic E-state index is 12.3. The average Bonchev–Trinajstić information content (AvgIpc) is 2.71. The zero-order chi connectivity index (χ0) is 22.3. The van der Waals surface area contributed by atoms with Crippen molar-refractivity contribution in [1.29, 1.82) is 0 Å². The number of para-hydroxylation sites is 2. The topological polar surface area (TPSA) is 133 Å². The van der Waals surface area contributed by atoms with Crippen LogP contribution in [0.15, 0.2) is 40.7 Å². The van der Waals surface area contributed by atoms with E-state index in [1.165, 1.54) is 12.0 Å². The second-order valence-electron chi connectivity index (χ2n) is 5.76. The molecule has 0 amide bonds. The van der Waals surface area contributed by atoms with Crippen LogP contribution in [0.3, 0.4) is 0 Å². The normalized spacial score (nSPS) is 15.6. The standard InChI is InChI=1S/C18H21ClN4O7/c1-4-29-13(24)10-22(11-8-6-7-9-12(11)28-3)16-15(23(26)27)14(17(25)30-5-2)20-18(19)21-16/h6-9,16H,4-5,10H2,1-3H3,(H,20,21). The number of benzene rings is 1. The Kier molecular flexibility index (Phi) is 7.98. The monoisotopic (exact) mass is 440 g/mol. The molecule has 11 nitrogen and oxygen atoms in total. The maximum absolute atomic E-state index is 12.3. The summed E-state index contributed by atoms with van der Waals surface area (Å²) in [4.78, 5) is 41.1. The fraction of sp³-hybridized carbons (Fsp3) is 0.389. The van der Waals surface area contributed by atoms with Gasteiger partial charge in [0, 0.05) is 0 Å². The van der Waals surface area contributed by atoms with Crippen LogP contribution in [0, 0.1) is 10.1 Å². The van der Waals surface area contributed by atoms with Crippen molar-refractivity contribution in [3.63, 3.8) is 0 Å². The summed E-state index contributed by atoms with van der Waals surface area (Å²) in [7, 11) is 1.41. The summed E-state index contributed by atoms with van der Waals surface area (Å²) in [6, 6.07) is 6.55. The summed E-state index contributed by atoms with van der Waals surface area (Å²) in [5.74, 6) is -1.31. The Bertz CT molecular complexity index is 887. The first-order chi connectivity index (χ1) is 14.3. The van der Waals surface area contributed by atoms with Gasteiger partial charge in [-0.05, 0) is 37.6 Å². The molecule has 0 saturated carbocycles. The van der Waals surface area contributed by atoms with E-state index in [2.05, 4.69) is 10.3 Å². The van der Waals surface area contributed by atoms with Crippen molar-refractivity contribution < 1.29 is 28.7 Å². The molecule has 1 aromatic rings. The molecule has 1 aliphatic rings. The zero-order valence-electron chi connectivity index (χ0n) is 16.6. The first-order valence-electron chi connectivity index (χ1n) is 8.95. The van der Waals surface area contributed by atoms with Gasteiger partial charge in [0.15, 0.2) is 5.29 Å². The molecule has 1 aliphatic heterocycles. The number of nitrogens with one attached hydrogen (secondary N) is 1. The van der Waals surface area contributed by atoms with Crippen LogP contribution in [-0.4, -0.2) is 55.2 Å². The van der Waals surface area contributed by atoms with Crippen molar-refractivity contribution in [1.82, 2.24) is 5.32 Å².